The van der Waals surface area contributed by atoms with Crippen LogP contribution in [0.4, 0.5) is 15.8 Å². The molecular weight excluding hydrogens is 643 g/mol. The summed E-state index contributed by atoms with van der Waals surface area (Å²) in [6, 6.07) is 17.5. The number of ether oxygens (including phenoxy) is 2. The molecule has 0 saturated heterocycles. The van der Waals surface area contributed by atoms with E-state index in [1.54, 1.807) is 12.1 Å². The summed E-state index contributed by atoms with van der Waals surface area (Å²) in [7, 11) is 0. The fourth-order valence-electron chi connectivity index (χ4n) is 5.59. The minimum absolute atomic E-state index is 0.0589. The van der Waals surface area contributed by atoms with Crippen LogP contribution in [-0.4, -0.2) is 28.0 Å². The lowest BCUT2D eigenvalue weighted by molar-refractivity contribution is 0.0319. The number of aromatic nitrogens is 2. The van der Waals surface area contributed by atoms with Crippen LogP contribution < -0.4 is 4.74 Å². The van der Waals surface area contributed by atoms with Crippen LogP contribution in [-0.2, 0) is 11.2 Å². The maximum atomic E-state index is 14.8. The highest BCUT2D eigenvalue weighted by Crippen LogP contribution is 2.25. The number of hydrogen-bond donors (Lipinski definition) is 0. The Bertz CT molecular complexity index is 1680. The van der Waals surface area contributed by atoms with Crippen LogP contribution in [0.5, 0.6) is 5.75 Å². The van der Waals surface area contributed by atoms with Crippen molar-refractivity contribution in [2.45, 2.75) is 117 Å². The van der Waals surface area contributed by atoms with Gasteiger partial charge in [0.15, 0.2) is 17.4 Å². The van der Waals surface area contributed by atoms with Crippen LogP contribution in [0, 0.1) is 5.82 Å². The molecule has 0 aliphatic rings. The van der Waals surface area contributed by atoms with Crippen LogP contribution in [0.25, 0.3) is 11.4 Å². The van der Waals surface area contributed by atoms with Gasteiger partial charge in [-0.2, -0.15) is 10.2 Å². The molecule has 0 spiro atoms. The fourth-order valence-corrected chi connectivity index (χ4v) is 5.59. The highest BCUT2D eigenvalue weighted by atomic mass is 19.1. The van der Waals surface area contributed by atoms with Crippen molar-refractivity contribution in [2.24, 2.45) is 10.2 Å². The summed E-state index contributed by atoms with van der Waals surface area (Å²) in [4.78, 5) is 34.3. The largest absolute Gasteiger partial charge is 0.459 e. The van der Waals surface area contributed by atoms with Crippen molar-refractivity contribution >= 4 is 23.3 Å². The molecule has 8 nitrogen and oxygen atoms in total. The van der Waals surface area contributed by atoms with Crippen molar-refractivity contribution < 1.29 is 23.5 Å². The number of halogens is 1. The van der Waals surface area contributed by atoms with E-state index in [2.05, 4.69) is 34.0 Å². The average molecular weight is 695 g/mol. The summed E-state index contributed by atoms with van der Waals surface area (Å²) in [6.45, 7) is 6.21. The maximum Gasteiger partial charge on any atom is 0.343 e. The second-order valence-electron chi connectivity index (χ2n) is 13.0. The van der Waals surface area contributed by atoms with Gasteiger partial charge < -0.3 is 9.47 Å². The van der Waals surface area contributed by atoms with Gasteiger partial charge in [-0.1, -0.05) is 78.1 Å². The molecule has 0 amide bonds. The molecule has 3 aromatic carbocycles. The highest BCUT2D eigenvalue weighted by molar-refractivity contribution is 5.92. The zero-order chi connectivity index (χ0) is 36.3. The Morgan fingerprint density at radius 1 is 0.686 bits per heavy atom. The van der Waals surface area contributed by atoms with Crippen LogP contribution >= 0.6 is 0 Å². The van der Waals surface area contributed by atoms with Crippen molar-refractivity contribution in [3.8, 4) is 17.1 Å². The Morgan fingerprint density at radius 2 is 1.24 bits per heavy atom. The van der Waals surface area contributed by atoms with Gasteiger partial charge in [-0.15, -0.1) is 0 Å². The molecular formula is C42H51FN4O4. The third kappa shape index (κ3) is 13.5. The molecule has 0 radical (unpaired) electrons. The molecule has 4 aromatic rings. The SMILES string of the molecule is CCCCCCCCCCc1cnc(-c2ccc(N=Nc3ccc(C(=O)Oc4ccc(C(=O)O[C@@H](C)CCCCCC)cc4F)cc3)cc2)nc1. The van der Waals surface area contributed by atoms with E-state index >= 15 is 0 Å². The first-order valence-corrected chi connectivity index (χ1v) is 18.5. The Hall–Kier alpha value is -4.79. The number of esters is 2. The van der Waals surface area contributed by atoms with E-state index in [1.807, 2.05) is 43.6 Å². The Kier molecular flexibility index (Phi) is 16.4. The zero-order valence-electron chi connectivity index (χ0n) is 30.3. The molecule has 0 bridgehead atoms. The minimum atomic E-state index is -0.831. The lowest BCUT2D eigenvalue weighted by Gasteiger charge is -2.13. The van der Waals surface area contributed by atoms with Gasteiger partial charge >= 0.3 is 11.9 Å². The van der Waals surface area contributed by atoms with E-state index in [0.717, 1.165) is 62.1 Å². The number of aryl methyl sites for hydroxylation is 1. The van der Waals surface area contributed by atoms with Gasteiger partial charge in [0.25, 0.3) is 0 Å². The van der Waals surface area contributed by atoms with Crippen LogP contribution in [0.1, 0.15) is 131 Å². The van der Waals surface area contributed by atoms with E-state index in [9.17, 15) is 14.0 Å². The van der Waals surface area contributed by atoms with Crippen molar-refractivity contribution in [1.29, 1.82) is 0 Å². The molecule has 51 heavy (non-hydrogen) atoms. The number of benzene rings is 3. The van der Waals surface area contributed by atoms with E-state index in [4.69, 9.17) is 9.47 Å². The second kappa shape index (κ2) is 21.4. The summed E-state index contributed by atoms with van der Waals surface area (Å²) < 4.78 is 25.4. The normalized spacial score (nSPS) is 11.8. The number of nitrogens with zero attached hydrogens (tertiary/aromatic N) is 4. The Balaban J connectivity index is 1.22. The van der Waals surface area contributed by atoms with Gasteiger partial charge in [0.2, 0.25) is 0 Å². The van der Waals surface area contributed by atoms with E-state index in [1.165, 1.54) is 69.2 Å². The first-order chi connectivity index (χ1) is 24.9. The molecule has 0 fully saturated rings. The maximum absolute atomic E-state index is 14.8. The van der Waals surface area contributed by atoms with Gasteiger partial charge in [-0.25, -0.2) is 23.9 Å². The van der Waals surface area contributed by atoms with Crippen molar-refractivity contribution in [3.05, 3.63) is 102 Å². The zero-order valence-corrected chi connectivity index (χ0v) is 30.3. The molecule has 0 unspecified atom stereocenters. The molecule has 0 N–H and O–H groups in total. The summed E-state index contributed by atoms with van der Waals surface area (Å²) in [5.74, 6) is -1.80. The molecule has 1 heterocycles. The molecule has 1 aromatic heterocycles. The summed E-state index contributed by atoms with van der Waals surface area (Å²) in [5.41, 5.74) is 3.50. The average Bonchev–Trinajstić information content (AvgIpc) is 3.15. The quantitative estimate of drug-likeness (QED) is 0.0372. The van der Waals surface area contributed by atoms with Gasteiger partial charge in [0.1, 0.15) is 0 Å². The molecule has 270 valence electrons. The second-order valence-corrected chi connectivity index (χ2v) is 13.0. The number of unbranched alkanes of at least 4 members (excludes halogenated alkanes) is 10. The smallest absolute Gasteiger partial charge is 0.343 e. The minimum Gasteiger partial charge on any atom is -0.459 e. The van der Waals surface area contributed by atoms with Crippen molar-refractivity contribution in [2.75, 3.05) is 0 Å². The van der Waals surface area contributed by atoms with Gasteiger partial charge in [0.05, 0.1) is 28.6 Å². The van der Waals surface area contributed by atoms with Crippen LogP contribution in [0.15, 0.2) is 89.4 Å². The predicted molar refractivity (Wildman–Crippen MR) is 199 cm³/mol. The number of carbonyl (C=O) groups is 2. The molecule has 0 aliphatic heterocycles. The number of carbonyl (C=O) groups excluding carboxylic acids is 2. The van der Waals surface area contributed by atoms with Crippen LogP contribution in [0.3, 0.4) is 0 Å². The van der Waals surface area contributed by atoms with E-state index in [0.29, 0.717) is 17.2 Å². The topological polar surface area (TPSA) is 103 Å². The van der Waals surface area contributed by atoms with Crippen molar-refractivity contribution in [1.82, 2.24) is 9.97 Å². The van der Waals surface area contributed by atoms with Gasteiger partial charge in [-0.05, 0) is 105 Å². The standard InChI is InChI=1S/C42H51FN4O4/c1-4-6-8-10-11-12-13-15-17-32-29-44-40(45-30-32)33-18-23-36(24-19-33)46-47-37-25-20-34(21-26-37)41(48)51-39-27-22-35(28-38(39)43)42(49)50-31(3)16-14-9-7-5-2/h18-31H,4-17H2,1-3H3/t31-/m0/s1. The lowest BCUT2D eigenvalue weighted by Crippen LogP contribution is -2.15. The number of azo groups is 1. The Morgan fingerprint density at radius 3 is 1.84 bits per heavy atom. The molecule has 9 heteroatoms. The third-order valence-electron chi connectivity index (χ3n) is 8.68. The first-order valence-electron chi connectivity index (χ1n) is 18.5. The van der Waals surface area contributed by atoms with Gasteiger partial charge in [-0.3, -0.25) is 0 Å². The highest BCUT2D eigenvalue weighted by Gasteiger charge is 2.17. The summed E-state index contributed by atoms with van der Waals surface area (Å²) in [5, 5.41) is 8.55. The van der Waals surface area contributed by atoms with Crippen molar-refractivity contribution in [3.63, 3.8) is 0 Å². The summed E-state index contributed by atoms with van der Waals surface area (Å²) >= 11 is 0. The van der Waals surface area contributed by atoms with E-state index in [-0.39, 0.29) is 23.0 Å². The van der Waals surface area contributed by atoms with E-state index < -0.39 is 17.8 Å². The lowest BCUT2D eigenvalue weighted by atomic mass is 10.1. The molecule has 0 saturated carbocycles. The number of rotatable bonds is 21. The predicted octanol–water partition coefficient (Wildman–Crippen LogP) is 12.1. The summed E-state index contributed by atoms with van der Waals surface area (Å²) in [6.07, 6.45) is 20.0. The molecule has 1 atom stereocenters. The fraction of sp³-hybridized carbons (Fsp3) is 0.429. The third-order valence-corrected chi connectivity index (χ3v) is 8.68. The first kappa shape index (κ1) is 39.0. The molecule has 0 aliphatic carbocycles. The van der Waals surface area contributed by atoms with Gasteiger partial charge in [0, 0.05) is 18.0 Å². The Labute approximate surface area is 302 Å². The number of hydrogen-bond acceptors (Lipinski definition) is 8. The van der Waals surface area contributed by atoms with Crippen LogP contribution in [0.2, 0.25) is 0 Å². The monoisotopic (exact) mass is 694 g/mol. The molecule has 4 rings (SSSR count).